The van der Waals surface area contributed by atoms with Gasteiger partial charge in [0.1, 0.15) is 23.4 Å². The molecule has 1 atom stereocenters. The predicted molar refractivity (Wildman–Crippen MR) is 157 cm³/mol. The van der Waals surface area contributed by atoms with E-state index in [1.165, 1.54) is 12.1 Å². The Morgan fingerprint density at radius 3 is 2.61 bits per heavy atom. The fraction of sp³-hybridized carbons (Fsp3) is 0.0667. The minimum Gasteiger partial charge on any atom is -0.439 e. The zero-order chi connectivity index (χ0) is 28.5. The van der Waals surface area contributed by atoms with E-state index in [0.717, 1.165) is 10.9 Å². The van der Waals surface area contributed by atoms with Gasteiger partial charge in [0.15, 0.2) is 0 Å². The number of aromatic nitrogens is 3. The van der Waals surface area contributed by atoms with Crippen LogP contribution < -0.4 is 15.4 Å². The van der Waals surface area contributed by atoms with Crippen molar-refractivity contribution in [2.45, 2.75) is 13.0 Å². The lowest BCUT2D eigenvalue weighted by Gasteiger charge is -2.27. The lowest BCUT2D eigenvalue weighted by molar-refractivity contribution is -0.113. The number of nitrogens with zero attached hydrogens (tertiary/aromatic N) is 3. The number of ether oxygens (including phenoxy) is 1. The predicted octanol–water partition coefficient (Wildman–Crippen LogP) is 7.20. The molecule has 1 amide bonds. The Labute approximate surface area is 243 Å². The number of hydrogen-bond donors (Lipinski definition) is 3. The molecule has 5 aromatic rings. The highest BCUT2D eigenvalue weighted by atomic mass is 35.5. The third-order valence-corrected chi connectivity index (χ3v) is 6.97. The van der Waals surface area contributed by atoms with Crippen molar-refractivity contribution in [1.82, 2.24) is 20.5 Å². The van der Waals surface area contributed by atoms with E-state index in [1.807, 2.05) is 6.07 Å². The number of aliphatic imine (C=N–C) groups is 1. The van der Waals surface area contributed by atoms with Gasteiger partial charge in [-0.05, 0) is 67.6 Å². The maximum Gasteiger partial charge on any atom is 0.255 e. The zero-order valence-electron chi connectivity index (χ0n) is 21.5. The first-order valence-electron chi connectivity index (χ1n) is 12.5. The quantitative estimate of drug-likeness (QED) is 0.195. The fourth-order valence-electron chi connectivity index (χ4n) is 4.52. The molecule has 0 fully saturated rings. The van der Waals surface area contributed by atoms with Crippen LogP contribution in [-0.2, 0) is 4.79 Å². The Hall–Kier alpha value is -4.73. The van der Waals surface area contributed by atoms with Gasteiger partial charge in [-0.15, -0.1) is 0 Å². The summed E-state index contributed by atoms with van der Waals surface area (Å²) in [5.74, 6) is 0.292. The average Bonchev–Trinajstić information content (AvgIpc) is 3.42. The Morgan fingerprint density at radius 2 is 1.80 bits per heavy atom. The standard InChI is InChI=1S/C30H21Cl2FN6O2/c1-16-27(30(40)37-21-5-9-25-18(12-21)15-35-39-25)28(23-8-4-20(32)14-24(23)33)38-29(36-16)17-10-11-34-26(13-17)41-22-6-2-19(31)3-7-22/h2-15,28H,1H3,(H,35,39)(H,36,38)(H,37,40). The first-order valence-corrected chi connectivity index (χ1v) is 13.2. The molecule has 1 aliphatic rings. The number of allylic oxidation sites excluding steroid dienone is 1. The van der Waals surface area contributed by atoms with Crippen LogP contribution >= 0.6 is 23.2 Å². The van der Waals surface area contributed by atoms with Crippen molar-refractivity contribution in [3.63, 3.8) is 0 Å². The molecule has 1 aliphatic heterocycles. The number of carbonyl (C=O) groups is 1. The van der Waals surface area contributed by atoms with E-state index in [0.29, 0.717) is 39.4 Å². The van der Waals surface area contributed by atoms with Crippen molar-refractivity contribution in [2.24, 2.45) is 4.99 Å². The molecule has 0 aliphatic carbocycles. The number of H-pyrrole nitrogens is 1. The number of hydrogen-bond acceptors (Lipinski definition) is 6. The molecule has 3 heterocycles. The second-order valence-corrected chi connectivity index (χ2v) is 10.1. The Morgan fingerprint density at radius 1 is 1.00 bits per heavy atom. The van der Waals surface area contributed by atoms with Crippen molar-refractivity contribution in [1.29, 1.82) is 0 Å². The second-order valence-electron chi connectivity index (χ2n) is 9.27. The molecular weight excluding hydrogens is 566 g/mol. The molecule has 3 aromatic carbocycles. The summed E-state index contributed by atoms with van der Waals surface area (Å²) in [6.45, 7) is 1.75. The highest BCUT2D eigenvalue weighted by Gasteiger charge is 2.32. The molecule has 0 saturated heterocycles. The fourth-order valence-corrected chi connectivity index (χ4v) is 4.81. The van der Waals surface area contributed by atoms with E-state index in [1.54, 1.807) is 73.9 Å². The number of aromatic amines is 1. The number of carbonyl (C=O) groups excluding carboxylic acids is 1. The SMILES string of the molecule is CC1=C(C(=O)Nc2ccc3[nH]ncc3c2)C(c2ccc(Cl)cc2F)N=C(c2ccnc(Oc3ccc(Cl)cc3)c2)N1. The van der Waals surface area contributed by atoms with Gasteiger partial charge in [0.05, 0.1) is 17.3 Å². The first kappa shape index (κ1) is 26.5. The molecule has 41 heavy (non-hydrogen) atoms. The molecule has 2 aromatic heterocycles. The van der Waals surface area contributed by atoms with Gasteiger partial charge < -0.3 is 15.4 Å². The minimum absolute atomic E-state index is 0.204. The maximum atomic E-state index is 15.3. The first-order chi connectivity index (χ1) is 19.8. The van der Waals surface area contributed by atoms with Gasteiger partial charge >= 0.3 is 0 Å². The third kappa shape index (κ3) is 5.63. The number of amidine groups is 1. The number of rotatable bonds is 6. The number of anilines is 1. The molecule has 204 valence electrons. The summed E-state index contributed by atoms with van der Waals surface area (Å²) in [6.07, 6.45) is 3.25. The van der Waals surface area contributed by atoms with Gasteiger partial charge in [0, 0.05) is 50.2 Å². The molecule has 0 spiro atoms. The van der Waals surface area contributed by atoms with Gasteiger partial charge in [-0.3, -0.25) is 14.9 Å². The van der Waals surface area contributed by atoms with Crippen molar-refractivity contribution >= 4 is 51.5 Å². The average molecular weight is 587 g/mol. The molecule has 3 N–H and O–H groups in total. The topological polar surface area (TPSA) is 104 Å². The number of amides is 1. The van der Waals surface area contributed by atoms with Crippen LogP contribution in [0.5, 0.6) is 11.6 Å². The van der Waals surface area contributed by atoms with E-state index in [4.69, 9.17) is 32.9 Å². The molecular formula is C30H21Cl2FN6O2. The van der Waals surface area contributed by atoms with Crippen LogP contribution in [0, 0.1) is 5.82 Å². The highest BCUT2D eigenvalue weighted by molar-refractivity contribution is 6.30. The largest absolute Gasteiger partial charge is 0.439 e. The van der Waals surface area contributed by atoms with Gasteiger partial charge in [-0.2, -0.15) is 5.10 Å². The Kier molecular flexibility index (Phi) is 7.13. The number of nitrogens with one attached hydrogen (secondary N) is 3. The van der Waals surface area contributed by atoms with E-state index in [2.05, 4.69) is 25.8 Å². The smallest absolute Gasteiger partial charge is 0.255 e. The normalized spacial score (nSPS) is 14.9. The van der Waals surface area contributed by atoms with Crippen molar-refractivity contribution in [2.75, 3.05) is 5.32 Å². The Balaban J connectivity index is 1.35. The van der Waals surface area contributed by atoms with Crippen molar-refractivity contribution in [3.05, 3.63) is 123 Å². The lowest BCUT2D eigenvalue weighted by atomic mass is 9.94. The summed E-state index contributed by atoms with van der Waals surface area (Å²) in [6, 6.07) is 19.1. The molecule has 8 nitrogen and oxygen atoms in total. The van der Waals surface area contributed by atoms with Crippen LogP contribution in [-0.4, -0.2) is 26.9 Å². The van der Waals surface area contributed by atoms with E-state index in [9.17, 15) is 4.79 Å². The van der Waals surface area contributed by atoms with Crippen LogP contribution in [0.3, 0.4) is 0 Å². The van der Waals surface area contributed by atoms with Gasteiger partial charge in [-0.1, -0.05) is 29.3 Å². The summed E-state index contributed by atoms with van der Waals surface area (Å²) in [4.78, 5) is 22.7. The molecule has 0 bridgehead atoms. The van der Waals surface area contributed by atoms with Crippen molar-refractivity contribution < 1.29 is 13.9 Å². The van der Waals surface area contributed by atoms with Crippen LogP contribution in [0.25, 0.3) is 10.9 Å². The van der Waals surface area contributed by atoms with Crippen molar-refractivity contribution in [3.8, 4) is 11.6 Å². The number of pyridine rings is 1. The van der Waals surface area contributed by atoms with Crippen LogP contribution in [0.2, 0.25) is 10.0 Å². The monoisotopic (exact) mass is 586 g/mol. The van der Waals surface area contributed by atoms with E-state index < -0.39 is 17.8 Å². The second kappa shape index (κ2) is 11.0. The molecule has 11 heteroatoms. The maximum absolute atomic E-state index is 15.3. The number of benzene rings is 3. The van der Waals surface area contributed by atoms with E-state index in [-0.39, 0.29) is 16.2 Å². The van der Waals surface area contributed by atoms with E-state index >= 15 is 4.39 Å². The van der Waals surface area contributed by atoms with Crippen LogP contribution in [0.15, 0.2) is 101 Å². The number of halogens is 3. The summed E-state index contributed by atoms with van der Waals surface area (Å²) in [5, 5.41) is 14.7. The summed E-state index contributed by atoms with van der Waals surface area (Å²) >= 11 is 12.0. The molecule has 6 rings (SSSR count). The summed E-state index contributed by atoms with van der Waals surface area (Å²) in [7, 11) is 0. The number of fused-ring (bicyclic) bond motifs is 1. The van der Waals surface area contributed by atoms with Gasteiger partial charge in [0.25, 0.3) is 5.91 Å². The summed E-state index contributed by atoms with van der Waals surface area (Å²) in [5.41, 5.74) is 3.00. The molecule has 1 unspecified atom stereocenters. The van der Waals surface area contributed by atoms with Crippen LogP contribution in [0.1, 0.15) is 24.1 Å². The summed E-state index contributed by atoms with van der Waals surface area (Å²) < 4.78 is 21.1. The highest BCUT2D eigenvalue weighted by Crippen LogP contribution is 2.35. The Bertz CT molecular complexity index is 1850. The third-order valence-electron chi connectivity index (χ3n) is 6.49. The van der Waals surface area contributed by atoms with Crippen LogP contribution in [0.4, 0.5) is 10.1 Å². The zero-order valence-corrected chi connectivity index (χ0v) is 23.0. The minimum atomic E-state index is -0.963. The van der Waals surface area contributed by atoms with Gasteiger partial charge in [-0.25, -0.2) is 9.37 Å². The lowest BCUT2D eigenvalue weighted by Crippen LogP contribution is -2.34. The van der Waals surface area contributed by atoms with Gasteiger partial charge in [0.2, 0.25) is 5.88 Å². The molecule has 0 saturated carbocycles. The molecule has 0 radical (unpaired) electrons.